The molecule has 0 amide bonds. The van der Waals surface area contributed by atoms with Gasteiger partial charge in [-0.05, 0) is 60.2 Å². The zero-order valence-corrected chi connectivity index (χ0v) is 18.0. The van der Waals surface area contributed by atoms with E-state index in [9.17, 15) is 4.79 Å². The first-order valence-electron chi connectivity index (χ1n) is 9.64. The van der Waals surface area contributed by atoms with Crippen molar-refractivity contribution >= 4 is 46.3 Å². The van der Waals surface area contributed by atoms with E-state index in [-0.39, 0.29) is 17.5 Å². The van der Waals surface area contributed by atoms with Crippen molar-refractivity contribution in [3.63, 3.8) is 0 Å². The zero-order chi connectivity index (χ0) is 22.1. The first-order chi connectivity index (χ1) is 15.6. The molecular formula is C24H14Cl2N4O2. The predicted molar refractivity (Wildman–Crippen MR) is 126 cm³/mol. The van der Waals surface area contributed by atoms with Crippen LogP contribution in [0.4, 0.5) is 0 Å². The Kier molecular flexibility index (Phi) is 5.31. The Labute approximate surface area is 192 Å². The minimum atomic E-state index is -0.308. The minimum absolute atomic E-state index is 0.0222. The maximum Gasteiger partial charge on any atom is 0.331 e. The van der Waals surface area contributed by atoms with Gasteiger partial charge in [-0.3, -0.25) is 4.79 Å². The summed E-state index contributed by atoms with van der Waals surface area (Å²) in [5, 5.41) is 9.88. The number of para-hydroxylation sites is 1. The highest BCUT2D eigenvalue weighted by molar-refractivity contribution is 6.30. The maximum absolute atomic E-state index is 13.3. The lowest BCUT2D eigenvalue weighted by Gasteiger charge is -2.07. The molecule has 0 aliphatic heterocycles. The third-order valence-corrected chi connectivity index (χ3v) is 5.30. The van der Waals surface area contributed by atoms with E-state index < -0.39 is 0 Å². The maximum atomic E-state index is 13.3. The summed E-state index contributed by atoms with van der Waals surface area (Å²) in [6.07, 6.45) is 3.56. The van der Waals surface area contributed by atoms with E-state index in [0.717, 1.165) is 5.56 Å². The minimum Gasteiger partial charge on any atom is -0.403 e. The van der Waals surface area contributed by atoms with E-state index in [1.54, 1.807) is 60.7 Å². The fraction of sp³-hybridized carbons (Fsp3) is 0. The second kappa shape index (κ2) is 8.42. The number of fused-ring (bicyclic) bond motifs is 1. The Bertz CT molecular complexity index is 1500. The molecule has 5 aromatic rings. The van der Waals surface area contributed by atoms with Gasteiger partial charge < -0.3 is 4.42 Å². The van der Waals surface area contributed by atoms with Crippen LogP contribution in [0, 0.1) is 0 Å². The predicted octanol–water partition coefficient (Wildman–Crippen LogP) is 5.91. The number of halogens is 2. The van der Waals surface area contributed by atoms with Crippen molar-refractivity contribution in [1.82, 2.24) is 19.7 Å². The molecule has 0 atom stereocenters. The molecule has 32 heavy (non-hydrogen) atoms. The molecule has 2 aromatic heterocycles. The summed E-state index contributed by atoms with van der Waals surface area (Å²) < 4.78 is 7.15. The van der Waals surface area contributed by atoms with E-state index in [2.05, 4.69) is 15.2 Å². The van der Waals surface area contributed by atoms with Crippen LogP contribution in [0.2, 0.25) is 10.0 Å². The summed E-state index contributed by atoms with van der Waals surface area (Å²) in [5.74, 6) is 0.624. The van der Waals surface area contributed by atoms with Crippen LogP contribution >= 0.6 is 23.2 Å². The Hall–Kier alpha value is -3.74. The molecule has 2 heterocycles. The van der Waals surface area contributed by atoms with Crippen molar-refractivity contribution in [2.24, 2.45) is 0 Å². The number of hydrogen-bond donors (Lipinski definition) is 0. The van der Waals surface area contributed by atoms with Gasteiger partial charge in [0.15, 0.2) is 0 Å². The van der Waals surface area contributed by atoms with Crippen LogP contribution in [0.25, 0.3) is 40.5 Å². The van der Waals surface area contributed by atoms with Gasteiger partial charge in [-0.2, -0.15) is 0 Å². The number of hydrogen-bond acceptors (Lipinski definition) is 5. The van der Waals surface area contributed by atoms with E-state index in [0.29, 0.717) is 32.3 Å². The van der Waals surface area contributed by atoms with Gasteiger partial charge in [-0.1, -0.05) is 58.6 Å². The SMILES string of the molecule is O=c1c2ccccc2nc(/C=C/c2ccc(Cl)cc2)n1-c1nnc(-c2ccc(Cl)cc2)o1. The van der Waals surface area contributed by atoms with Crippen LogP contribution in [-0.2, 0) is 0 Å². The van der Waals surface area contributed by atoms with Crippen LogP contribution in [0.15, 0.2) is 82.0 Å². The fourth-order valence-electron chi connectivity index (χ4n) is 3.21. The quantitative estimate of drug-likeness (QED) is 0.333. The normalized spacial score (nSPS) is 11.4. The molecule has 0 fully saturated rings. The lowest BCUT2D eigenvalue weighted by atomic mass is 10.2. The molecule has 3 aromatic carbocycles. The summed E-state index contributed by atoms with van der Waals surface area (Å²) in [7, 11) is 0. The molecule has 0 N–H and O–H groups in total. The number of rotatable bonds is 4. The summed E-state index contributed by atoms with van der Waals surface area (Å²) in [5.41, 5.74) is 1.85. The number of benzene rings is 3. The first-order valence-corrected chi connectivity index (χ1v) is 10.4. The summed E-state index contributed by atoms with van der Waals surface area (Å²) in [6.45, 7) is 0. The Balaban J connectivity index is 1.65. The van der Waals surface area contributed by atoms with E-state index >= 15 is 0 Å². The van der Waals surface area contributed by atoms with Crippen molar-refractivity contribution in [3.8, 4) is 17.5 Å². The molecular weight excluding hydrogens is 447 g/mol. The van der Waals surface area contributed by atoms with Crippen LogP contribution in [0.3, 0.4) is 0 Å². The standard InChI is InChI=1S/C24H14Cl2N4O2/c25-17-10-5-15(6-11-17)7-14-21-27-20-4-2-1-3-19(20)23(31)30(21)24-29-28-22(32-24)16-8-12-18(26)13-9-16/h1-14H/b14-7+. The lowest BCUT2D eigenvalue weighted by Crippen LogP contribution is -2.22. The highest BCUT2D eigenvalue weighted by atomic mass is 35.5. The van der Waals surface area contributed by atoms with E-state index in [1.807, 2.05) is 24.3 Å². The van der Waals surface area contributed by atoms with Gasteiger partial charge in [0.25, 0.3) is 5.56 Å². The van der Waals surface area contributed by atoms with Crippen molar-refractivity contribution in [2.45, 2.75) is 0 Å². The molecule has 156 valence electrons. The Morgan fingerprint density at radius 2 is 1.50 bits per heavy atom. The summed E-state index contributed by atoms with van der Waals surface area (Å²) in [6, 6.07) is 21.4. The molecule has 0 spiro atoms. The Morgan fingerprint density at radius 1 is 0.812 bits per heavy atom. The highest BCUT2D eigenvalue weighted by Crippen LogP contribution is 2.22. The van der Waals surface area contributed by atoms with Crippen LogP contribution in [-0.4, -0.2) is 19.7 Å². The van der Waals surface area contributed by atoms with Crippen molar-refractivity contribution in [2.75, 3.05) is 0 Å². The largest absolute Gasteiger partial charge is 0.403 e. The monoisotopic (exact) mass is 460 g/mol. The lowest BCUT2D eigenvalue weighted by molar-refractivity contribution is 0.530. The summed E-state index contributed by atoms with van der Waals surface area (Å²) >= 11 is 11.9. The third kappa shape index (κ3) is 3.93. The molecule has 0 unspecified atom stereocenters. The average Bonchev–Trinajstić information content (AvgIpc) is 3.29. The molecule has 5 rings (SSSR count). The van der Waals surface area contributed by atoms with Crippen LogP contribution in [0.1, 0.15) is 11.4 Å². The molecule has 0 radical (unpaired) electrons. The number of aromatic nitrogens is 4. The van der Waals surface area contributed by atoms with Crippen molar-refractivity contribution in [3.05, 3.63) is 105 Å². The molecule has 0 bridgehead atoms. The second-order valence-corrected chi connectivity index (χ2v) is 7.78. The topological polar surface area (TPSA) is 73.8 Å². The average molecular weight is 461 g/mol. The van der Waals surface area contributed by atoms with Gasteiger partial charge in [-0.15, -0.1) is 5.10 Å². The first kappa shape index (κ1) is 20.2. The van der Waals surface area contributed by atoms with Gasteiger partial charge >= 0.3 is 6.01 Å². The molecule has 0 saturated heterocycles. The van der Waals surface area contributed by atoms with Gasteiger partial charge in [0.1, 0.15) is 5.82 Å². The number of nitrogens with zero attached hydrogens (tertiary/aromatic N) is 4. The third-order valence-electron chi connectivity index (χ3n) is 4.79. The van der Waals surface area contributed by atoms with Gasteiger partial charge in [0.05, 0.1) is 10.9 Å². The molecule has 0 saturated carbocycles. The smallest absolute Gasteiger partial charge is 0.331 e. The van der Waals surface area contributed by atoms with Crippen LogP contribution in [0.5, 0.6) is 0 Å². The van der Waals surface area contributed by atoms with E-state index in [1.165, 1.54) is 4.57 Å². The Morgan fingerprint density at radius 3 is 2.25 bits per heavy atom. The molecule has 0 aliphatic carbocycles. The van der Waals surface area contributed by atoms with Gasteiger partial charge in [-0.25, -0.2) is 9.55 Å². The van der Waals surface area contributed by atoms with Crippen molar-refractivity contribution in [1.29, 1.82) is 0 Å². The highest BCUT2D eigenvalue weighted by Gasteiger charge is 2.17. The van der Waals surface area contributed by atoms with Gasteiger partial charge in [0, 0.05) is 15.6 Å². The molecule has 0 aliphatic rings. The van der Waals surface area contributed by atoms with Gasteiger partial charge in [0.2, 0.25) is 5.89 Å². The van der Waals surface area contributed by atoms with Crippen molar-refractivity contribution < 1.29 is 4.42 Å². The fourth-order valence-corrected chi connectivity index (χ4v) is 3.46. The molecule has 8 heteroatoms. The zero-order valence-electron chi connectivity index (χ0n) is 16.4. The second-order valence-electron chi connectivity index (χ2n) is 6.91. The van der Waals surface area contributed by atoms with Crippen LogP contribution < -0.4 is 5.56 Å². The van der Waals surface area contributed by atoms with E-state index in [4.69, 9.17) is 27.6 Å². The molecule has 6 nitrogen and oxygen atoms in total. The summed E-state index contributed by atoms with van der Waals surface area (Å²) in [4.78, 5) is 18.0.